The average molecular weight is 418 g/mol. The van der Waals surface area contributed by atoms with Gasteiger partial charge in [0.15, 0.2) is 5.82 Å². The SMILES string of the molecule is O=c1c(=Cc2ccc(OCc3ccccc3)cc2)sc2nc(-c3cccs3)nn12. The highest BCUT2D eigenvalue weighted by atomic mass is 32.1. The smallest absolute Gasteiger partial charge is 0.291 e. The van der Waals surface area contributed by atoms with Gasteiger partial charge >= 0.3 is 0 Å². The van der Waals surface area contributed by atoms with E-state index in [9.17, 15) is 4.79 Å². The molecular formula is C22H15N3O2S2. The highest BCUT2D eigenvalue weighted by Gasteiger charge is 2.12. The first kappa shape index (κ1) is 17.8. The third-order valence-electron chi connectivity index (χ3n) is 4.35. The van der Waals surface area contributed by atoms with Gasteiger partial charge in [-0.2, -0.15) is 9.50 Å². The summed E-state index contributed by atoms with van der Waals surface area (Å²) in [6.45, 7) is 0.523. The molecule has 0 amide bonds. The zero-order valence-electron chi connectivity index (χ0n) is 15.2. The van der Waals surface area contributed by atoms with Crippen LogP contribution in [-0.4, -0.2) is 14.6 Å². The van der Waals surface area contributed by atoms with Crippen LogP contribution in [0.5, 0.6) is 5.75 Å². The molecule has 5 rings (SSSR count). The van der Waals surface area contributed by atoms with Crippen molar-refractivity contribution in [3.8, 4) is 16.5 Å². The summed E-state index contributed by atoms with van der Waals surface area (Å²) < 4.78 is 7.79. The lowest BCUT2D eigenvalue weighted by atomic mass is 10.2. The highest BCUT2D eigenvalue weighted by molar-refractivity contribution is 7.15. The van der Waals surface area contributed by atoms with Gasteiger partial charge in [0.05, 0.1) is 9.41 Å². The Hall–Kier alpha value is -3.29. The van der Waals surface area contributed by atoms with Crippen molar-refractivity contribution in [2.75, 3.05) is 0 Å². The number of nitrogens with zero attached hydrogens (tertiary/aromatic N) is 3. The fourth-order valence-electron chi connectivity index (χ4n) is 2.90. The topological polar surface area (TPSA) is 56.5 Å². The number of hydrogen-bond acceptors (Lipinski definition) is 6. The molecule has 0 aliphatic rings. The first-order chi connectivity index (χ1) is 14.3. The Morgan fingerprint density at radius 3 is 2.55 bits per heavy atom. The van der Waals surface area contributed by atoms with E-state index in [2.05, 4.69) is 10.1 Å². The number of aromatic nitrogens is 3. The van der Waals surface area contributed by atoms with Gasteiger partial charge in [-0.25, -0.2) is 0 Å². The quantitative estimate of drug-likeness (QED) is 0.434. The second-order valence-corrected chi connectivity index (χ2v) is 8.32. The van der Waals surface area contributed by atoms with Crippen molar-refractivity contribution in [1.29, 1.82) is 0 Å². The molecular weight excluding hydrogens is 402 g/mol. The van der Waals surface area contributed by atoms with Crippen LogP contribution in [-0.2, 0) is 6.61 Å². The summed E-state index contributed by atoms with van der Waals surface area (Å²) in [6.07, 6.45) is 1.86. The van der Waals surface area contributed by atoms with Crippen LogP contribution in [0.1, 0.15) is 11.1 Å². The maximum Gasteiger partial charge on any atom is 0.291 e. The maximum absolute atomic E-state index is 12.7. The lowest BCUT2D eigenvalue weighted by molar-refractivity contribution is 0.306. The van der Waals surface area contributed by atoms with Crippen molar-refractivity contribution < 1.29 is 4.74 Å². The molecule has 142 valence electrons. The van der Waals surface area contributed by atoms with Gasteiger partial charge in [0.2, 0.25) is 4.96 Å². The van der Waals surface area contributed by atoms with E-state index >= 15 is 0 Å². The zero-order valence-corrected chi connectivity index (χ0v) is 16.8. The number of ether oxygens (including phenoxy) is 1. The van der Waals surface area contributed by atoms with Crippen molar-refractivity contribution in [3.05, 3.63) is 98.1 Å². The number of thiazole rings is 1. The molecule has 0 aliphatic carbocycles. The van der Waals surface area contributed by atoms with E-state index in [1.165, 1.54) is 15.9 Å². The Morgan fingerprint density at radius 1 is 1.00 bits per heavy atom. The molecule has 0 saturated heterocycles. The average Bonchev–Trinajstić information content (AvgIpc) is 3.47. The van der Waals surface area contributed by atoms with E-state index in [0.717, 1.165) is 21.8 Å². The summed E-state index contributed by atoms with van der Waals surface area (Å²) in [5.41, 5.74) is 1.90. The number of hydrogen-bond donors (Lipinski definition) is 0. The van der Waals surface area contributed by atoms with Crippen molar-refractivity contribution in [1.82, 2.24) is 14.6 Å². The van der Waals surface area contributed by atoms with Crippen LogP contribution >= 0.6 is 22.7 Å². The third-order valence-corrected chi connectivity index (χ3v) is 6.17. The Bertz CT molecular complexity index is 1360. The van der Waals surface area contributed by atoms with Gasteiger partial charge in [0.1, 0.15) is 12.4 Å². The molecule has 0 saturated carbocycles. The minimum Gasteiger partial charge on any atom is -0.489 e. The third kappa shape index (κ3) is 3.70. The molecule has 0 aliphatic heterocycles. The van der Waals surface area contributed by atoms with E-state index in [1.54, 1.807) is 11.3 Å². The minimum absolute atomic E-state index is 0.148. The maximum atomic E-state index is 12.7. The largest absolute Gasteiger partial charge is 0.489 e. The summed E-state index contributed by atoms with van der Waals surface area (Å²) in [7, 11) is 0. The number of thiophene rings is 1. The molecule has 0 N–H and O–H groups in total. The molecule has 3 aromatic heterocycles. The van der Waals surface area contributed by atoms with Gasteiger partial charge in [-0.1, -0.05) is 59.9 Å². The molecule has 0 bridgehead atoms. The Balaban J connectivity index is 1.37. The molecule has 0 atom stereocenters. The Kier molecular flexibility index (Phi) is 4.67. The lowest BCUT2D eigenvalue weighted by Gasteiger charge is -2.06. The van der Waals surface area contributed by atoms with Gasteiger partial charge < -0.3 is 4.74 Å². The van der Waals surface area contributed by atoms with Gasteiger partial charge in [-0.3, -0.25) is 4.79 Å². The second kappa shape index (κ2) is 7.62. The summed E-state index contributed by atoms with van der Waals surface area (Å²) >= 11 is 2.90. The van der Waals surface area contributed by atoms with Crippen molar-refractivity contribution in [2.24, 2.45) is 0 Å². The summed E-state index contributed by atoms with van der Waals surface area (Å²) in [5, 5.41) is 6.33. The van der Waals surface area contributed by atoms with Crippen LogP contribution in [0.2, 0.25) is 0 Å². The molecule has 5 aromatic rings. The van der Waals surface area contributed by atoms with Crippen molar-refractivity contribution in [2.45, 2.75) is 6.61 Å². The van der Waals surface area contributed by atoms with Gasteiger partial charge in [-0.05, 0) is 40.8 Å². The van der Waals surface area contributed by atoms with E-state index in [1.807, 2.05) is 78.2 Å². The fourth-order valence-corrected chi connectivity index (χ4v) is 4.46. The lowest BCUT2D eigenvalue weighted by Crippen LogP contribution is -2.23. The summed E-state index contributed by atoms with van der Waals surface area (Å²) in [4.78, 5) is 18.7. The Morgan fingerprint density at radius 2 is 1.83 bits per heavy atom. The molecule has 2 aromatic carbocycles. The highest BCUT2D eigenvalue weighted by Crippen LogP contribution is 2.21. The molecule has 3 heterocycles. The normalized spacial score (nSPS) is 11.9. The van der Waals surface area contributed by atoms with Crippen LogP contribution in [0.15, 0.2) is 76.9 Å². The standard InChI is InChI=1S/C22H15N3O2S2/c26-21-19(29-22-23-20(24-25(21)22)18-7-4-12-28-18)13-15-8-10-17(11-9-15)27-14-16-5-2-1-3-6-16/h1-13H,14H2. The van der Waals surface area contributed by atoms with Crippen LogP contribution in [0.25, 0.3) is 21.7 Å². The van der Waals surface area contributed by atoms with Crippen LogP contribution in [0, 0.1) is 0 Å². The predicted octanol–water partition coefficient (Wildman–Crippen LogP) is 4.01. The molecule has 0 radical (unpaired) electrons. The van der Waals surface area contributed by atoms with Crippen molar-refractivity contribution in [3.63, 3.8) is 0 Å². The number of benzene rings is 2. The summed E-state index contributed by atoms with van der Waals surface area (Å²) in [6, 6.07) is 21.6. The van der Waals surface area contributed by atoms with Gasteiger partial charge in [0.25, 0.3) is 5.56 Å². The number of fused-ring (bicyclic) bond motifs is 1. The van der Waals surface area contributed by atoms with Gasteiger partial charge in [0, 0.05) is 0 Å². The monoisotopic (exact) mass is 417 g/mol. The Labute approximate surface area is 174 Å². The minimum atomic E-state index is -0.148. The van der Waals surface area contributed by atoms with Crippen molar-refractivity contribution >= 4 is 33.7 Å². The van der Waals surface area contributed by atoms with Crippen LogP contribution in [0.4, 0.5) is 0 Å². The fraction of sp³-hybridized carbons (Fsp3) is 0.0455. The van der Waals surface area contributed by atoms with E-state index in [-0.39, 0.29) is 5.56 Å². The first-order valence-corrected chi connectivity index (χ1v) is 10.7. The molecule has 0 spiro atoms. The second-order valence-electron chi connectivity index (χ2n) is 6.37. The molecule has 5 nitrogen and oxygen atoms in total. The molecule has 0 fully saturated rings. The number of rotatable bonds is 5. The van der Waals surface area contributed by atoms with E-state index in [4.69, 9.17) is 4.74 Å². The first-order valence-electron chi connectivity index (χ1n) is 8.98. The summed E-state index contributed by atoms with van der Waals surface area (Å²) in [5.74, 6) is 1.38. The molecule has 0 unspecified atom stereocenters. The molecule has 7 heteroatoms. The molecule has 29 heavy (non-hydrogen) atoms. The predicted molar refractivity (Wildman–Crippen MR) is 116 cm³/mol. The van der Waals surface area contributed by atoms with E-state index < -0.39 is 0 Å². The van der Waals surface area contributed by atoms with Gasteiger partial charge in [-0.15, -0.1) is 16.4 Å². The van der Waals surface area contributed by atoms with Crippen LogP contribution in [0.3, 0.4) is 0 Å². The zero-order chi connectivity index (χ0) is 19.6. The van der Waals surface area contributed by atoms with E-state index in [0.29, 0.717) is 21.9 Å². The van der Waals surface area contributed by atoms with Crippen LogP contribution < -0.4 is 14.8 Å².